The van der Waals surface area contributed by atoms with Crippen LogP contribution in [0.4, 0.5) is 0 Å². The maximum absolute atomic E-state index is 11.8. The minimum atomic E-state index is -0.956. The van der Waals surface area contributed by atoms with Gasteiger partial charge in [0.15, 0.2) is 0 Å². The average molecular weight is 306 g/mol. The summed E-state index contributed by atoms with van der Waals surface area (Å²) in [6, 6.07) is 9.11. The van der Waals surface area contributed by atoms with E-state index in [1.54, 1.807) is 11.8 Å². The number of aliphatic carboxylic acids is 1. The normalized spacial score (nSPS) is 11.5. The van der Waals surface area contributed by atoms with Crippen molar-refractivity contribution in [2.75, 3.05) is 6.54 Å². The highest BCUT2D eigenvalue weighted by Gasteiger charge is 2.14. The van der Waals surface area contributed by atoms with Crippen LogP contribution < -0.4 is 5.32 Å². The molecular formula is C16H22N2O4. The highest BCUT2D eigenvalue weighted by atomic mass is 16.4. The second kappa shape index (κ2) is 8.81. The first-order chi connectivity index (χ1) is 10.4. The van der Waals surface area contributed by atoms with Crippen molar-refractivity contribution in [2.45, 2.75) is 39.3 Å². The van der Waals surface area contributed by atoms with Gasteiger partial charge >= 0.3 is 5.97 Å². The minimum Gasteiger partial charge on any atom is -0.481 e. The molecule has 120 valence electrons. The lowest BCUT2D eigenvalue weighted by Gasteiger charge is -2.21. The van der Waals surface area contributed by atoms with E-state index >= 15 is 0 Å². The lowest BCUT2D eigenvalue weighted by molar-refractivity contribution is -0.137. The monoisotopic (exact) mass is 306 g/mol. The van der Waals surface area contributed by atoms with Crippen LogP contribution in [0.25, 0.3) is 0 Å². The van der Waals surface area contributed by atoms with Gasteiger partial charge in [0.05, 0.1) is 6.42 Å². The van der Waals surface area contributed by atoms with Gasteiger partial charge in [-0.1, -0.05) is 30.3 Å². The van der Waals surface area contributed by atoms with Crippen molar-refractivity contribution in [1.29, 1.82) is 0 Å². The minimum absolute atomic E-state index is 0.102. The Morgan fingerprint density at radius 2 is 1.86 bits per heavy atom. The smallest absolute Gasteiger partial charge is 0.305 e. The van der Waals surface area contributed by atoms with Gasteiger partial charge in [-0.05, 0) is 12.5 Å². The lowest BCUT2D eigenvalue weighted by atomic mass is 10.2. The molecule has 0 aromatic heterocycles. The van der Waals surface area contributed by atoms with Crippen molar-refractivity contribution in [3.63, 3.8) is 0 Å². The van der Waals surface area contributed by atoms with E-state index in [-0.39, 0.29) is 24.7 Å². The number of carbonyl (C=O) groups excluding carboxylic acids is 2. The Kier molecular flexibility index (Phi) is 7.08. The van der Waals surface area contributed by atoms with Gasteiger partial charge in [-0.3, -0.25) is 14.4 Å². The van der Waals surface area contributed by atoms with Gasteiger partial charge in [0.2, 0.25) is 11.8 Å². The van der Waals surface area contributed by atoms with Crippen molar-refractivity contribution in [2.24, 2.45) is 0 Å². The number of amides is 2. The predicted octanol–water partition coefficient (Wildman–Crippen LogP) is 1.40. The summed E-state index contributed by atoms with van der Waals surface area (Å²) in [5.41, 5.74) is 0.998. The van der Waals surface area contributed by atoms with Crippen LogP contribution in [0.5, 0.6) is 0 Å². The quantitative estimate of drug-likeness (QED) is 0.760. The average Bonchev–Trinajstić information content (AvgIpc) is 2.43. The maximum atomic E-state index is 11.8. The number of carboxylic acid groups (broad SMARTS) is 1. The molecule has 0 saturated carbocycles. The molecule has 6 heteroatoms. The number of rotatable bonds is 8. The van der Waals surface area contributed by atoms with E-state index in [0.29, 0.717) is 13.1 Å². The fraction of sp³-hybridized carbons (Fsp3) is 0.438. The van der Waals surface area contributed by atoms with Crippen LogP contribution in [0.3, 0.4) is 0 Å². The van der Waals surface area contributed by atoms with Crippen LogP contribution in [-0.2, 0) is 20.9 Å². The van der Waals surface area contributed by atoms with Gasteiger partial charge in [-0.2, -0.15) is 0 Å². The van der Waals surface area contributed by atoms with E-state index in [1.165, 1.54) is 6.92 Å². The summed E-state index contributed by atoms with van der Waals surface area (Å²) in [6.07, 6.45) is 0.0303. The Morgan fingerprint density at radius 1 is 1.23 bits per heavy atom. The molecule has 0 heterocycles. The van der Waals surface area contributed by atoms with Crippen LogP contribution in [0.15, 0.2) is 30.3 Å². The summed E-state index contributed by atoms with van der Waals surface area (Å²) in [6.45, 7) is 3.86. The summed E-state index contributed by atoms with van der Waals surface area (Å²) >= 11 is 0. The molecule has 1 unspecified atom stereocenters. The van der Waals surface area contributed by atoms with Crippen LogP contribution >= 0.6 is 0 Å². The fourth-order valence-corrected chi connectivity index (χ4v) is 2.05. The largest absolute Gasteiger partial charge is 0.481 e. The number of benzene rings is 1. The first-order valence-corrected chi connectivity index (χ1v) is 7.19. The van der Waals surface area contributed by atoms with E-state index in [0.717, 1.165) is 5.56 Å². The fourth-order valence-electron chi connectivity index (χ4n) is 2.05. The Bertz CT molecular complexity index is 516. The summed E-state index contributed by atoms with van der Waals surface area (Å²) in [4.78, 5) is 35.6. The lowest BCUT2D eigenvalue weighted by Crippen LogP contribution is -2.37. The molecule has 0 aliphatic carbocycles. The molecule has 2 N–H and O–H groups in total. The number of nitrogens with one attached hydrogen (secondary N) is 1. The molecule has 6 nitrogen and oxygen atoms in total. The Morgan fingerprint density at radius 3 is 2.41 bits per heavy atom. The maximum Gasteiger partial charge on any atom is 0.305 e. The molecule has 0 bridgehead atoms. The first kappa shape index (κ1) is 17.7. The summed E-state index contributed by atoms with van der Waals surface area (Å²) in [7, 11) is 0. The molecule has 0 aliphatic heterocycles. The van der Waals surface area contributed by atoms with Gasteiger partial charge in [0.1, 0.15) is 0 Å². The SMILES string of the molecule is CC(=O)N(CCC(=O)NC(C)CC(=O)O)Cc1ccccc1. The van der Waals surface area contributed by atoms with Gasteiger partial charge in [0, 0.05) is 32.5 Å². The Hall–Kier alpha value is -2.37. The molecule has 0 fully saturated rings. The predicted molar refractivity (Wildman–Crippen MR) is 82.0 cm³/mol. The number of hydrogen-bond donors (Lipinski definition) is 2. The standard InChI is InChI=1S/C16H22N2O4/c1-12(10-16(21)22)17-15(20)8-9-18(13(2)19)11-14-6-4-3-5-7-14/h3-7,12H,8-11H2,1-2H3,(H,17,20)(H,21,22). The Balaban J connectivity index is 2.46. The number of carboxylic acids is 1. The number of hydrogen-bond acceptors (Lipinski definition) is 3. The summed E-state index contributed by atoms with van der Waals surface area (Å²) < 4.78 is 0. The molecule has 1 atom stereocenters. The van der Waals surface area contributed by atoms with E-state index in [4.69, 9.17) is 5.11 Å². The highest BCUT2D eigenvalue weighted by Crippen LogP contribution is 2.05. The molecule has 1 aromatic rings. The van der Waals surface area contributed by atoms with Crippen molar-refractivity contribution >= 4 is 17.8 Å². The molecule has 1 rings (SSSR count). The molecule has 2 amide bonds. The second-order valence-corrected chi connectivity index (χ2v) is 5.24. The van der Waals surface area contributed by atoms with Crippen LogP contribution in [-0.4, -0.2) is 40.4 Å². The zero-order valence-corrected chi connectivity index (χ0v) is 12.9. The highest BCUT2D eigenvalue weighted by molar-refractivity contribution is 5.79. The van der Waals surface area contributed by atoms with Crippen LogP contribution in [0, 0.1) is 0 Å². The molecule has 0 radical (unpaired) electrons. The van der Waals surface area contributed by atoms with E-state index in [2.05, 4.69) is 5.32 Å². The van der Waals surface area contributed by atoms with Crippen LogP contribution in [0.2, 0.25) is 0 Å². The van der Waals surface area contributed by atoms with Crippen molar-refractivity contribution in [3.8, 4) is 0 Å². The summed E-state index contributed by atoms with van der Waals surface area (Å²) in [5, 5.41) is 11.3. The third kappa shape index (κ3) is 6.88. The van der Waals surface area contributed by atoms with Crippen LogP contribution in [0.1, 0.15) is 32.3 Å². The molecule has 1 aromatic carbocycles. The molecule has 22 heavy (non-hydrogen) atoms. The zero-order chi connectivity index (χ0) is 16.5. The van der Waals surface area contributed by atoms with E-state index in [9.17, 15) is 14.4 Å². The topological polar surface area (TPSA) is 86.7 Å². The Labute approximate surface area is 130 Å². The first-order valence-electron chi connectivity index (χ1n) is 7.19. The van der Waals surface area contributed by atoms with Gasteiger partial charge in [-0.15, -0.1) is 0 Å². The molecular weight excluding hydrogens is 284 g/mol. The number of nitrogens with zero attached hydrogens (tertiary/aromatic N) is 1. The van der Waals surface area contributed by atoms with Gasteiger partial charge in [0.25, 0.3) is 0 Å². The third-order valence-electron chi connectivity index (χ3n) is 3.16. The van der Waals surface area contributed by atoms with Gasteiger partial charge < -0.3 is 15.3 Å². The molecule has 0 aliphatic rings. The molecule has 0 spiro atoms. The molecule has 0 saturated heterocycles. The van der Waals surface area contributed by atoms with Gasteiger partial charge in [-0.25, -0.2) is 0 Å². The summed E-state index contributed by atoms with van der Waals surface area (Å²) in [5.74, 6) is -1.31. The zero-order valence-electron chi connectivity index (χ0n) is 12.9. The van der Waals surface area contributed by atoms with E-state index < -0.39 is 12.0 Å². The van der Waals surface area contributed by atoms with E-state index in [1.807, 2.05) is 30.3 Å². The number of carbonyl (C=O) groups is 3. The third-order valence-corrected chi connectivity index (χ3v) is 3.16. The van der Waals surface area contributed by atoms with Crippen molar-refractivity contribution < 1.29 is 19.5 Å². The van der Waals surface area contributed by atoms with Crippen molar-refractivity contribution in [1.82, 2.24) is 10.2 Å². The van der Waals surface area contributed by atoms with Crippen molar-refractivity contribution in [3.05, 3.63) is 35.9 Å². The second-order valence-electron chi connectivity index (χ2n) is 5.24.